The molecule has 1 amide bonds. The molecule has 0 aliphatic carbocycles. The van der Waals surface area contributed by atoms with E-state index in [9.17, 15) is 4.79 Å². The number of nitrogens with one attached hydrogen (secondary N) is 2. The molecule has 7 rings (SSSR count). The number of nitrogens with zero attached hydrogens (tertiary/aromatic N) is 7. The van der Waals surface area contributed by atoms with E-state index >= 15 is 4.39 Å². The van der Waals surface area contributed by atoms with Gasteiger partial charge in [0.25, 0.3) is 5.91 Å². The van der Waals surface area contributed by atoms with Gasteiger partial charge in [-0.1, -0.05) is 0 Å². The lowest BCUT2D eigenvalue weighted by molar-refractivity contribution is 0.102. The Labute approximate surface area is 243 Å². The third-order valence-electron chi connectivity index (χ3n) is 9.00. The third-order valence-corrected chi connectivity index (χ3v) is 9.00. The average Bonchev–Trinajstić information content (AvgIpc) is 3.71. The summed E-state index contributed by atoms with van der Waals surface area (Å²) in [6.07, 6.45) is 11.0. The Hall–Kier alpha value is -4.09. The summed E-state index contributed by atoms with van der Waals surface area (Å²) in [5.74, 6) is 0.210. The molecule has 2 saturated heterocycles. The smallest absolute Gasteiger partial charge is 0.257 e. The van der Waals surface area contributed by atoms with Gasteiger partial charge in [-0.3, -0.25) is 9.48 Å². The molecule has 0 radical (unpaired) electrons. The molecule has 42 heavy (non-hydrogen) atoms. The molecule has 2 N–H and O–H groups in total. The summed E-state index contributed by atoms with van der Waals surface area (Å²) in [6, 6.07) is 5.98. The first-order chi connectivity index (χ1) is 20.3. The van der Waals surface area contributed by atoms with E-state index in [0.717, 1.165) is 79.7 Å². The van der Waals surface area contributed by atoms with Gasteiger partial charge in [-0.25, -0.2) is 14.4 Å². The highest BCUT2D eigenvalue weighted by Gasteiger charge is 2.24. The van der Waals surface area contributed by atoms with Crippen LogP contribution in [0.2, 0.25) is 0 Å². The summed E-state index contributed by atoms with van der Waals surface area (Å²) >= 11 is 0. The fourth-order valence-corrected chi connectivity index (χ4v) is 6.57. The van der Waals surface area contributed by atoms with Crippen LogP contribution >= 0.6 is 0 Å². The van der Waals surface area contributed by atoms with E-state index in [2.05, 4.69) is 53.8 Å². The number of aromatic nitrogens is 6. The number of carbonyl (C=O) groups excluding carboxylic acids is 1. The second-order valence-corrected chi connectivity index (χ2v) is 11.9. The second-order valence-electron chi connectivity index (χ2n) is 11.9. The lowest BCUT2D eigenvalue weighted by Crippen LogP contribution is -2.31. The first-order valence-corrected chi connectivity index (χ1v) is 14.7. The number of fused-ring (bicyclic) bond motifs is 2. The Bertz CT molecular complexity index is 1770. The zero-order valence-corrected chi connectivity index (χ0v) is 24.3. The van der Waals surface area contributed by atoms with Gasteiger partial charge in [-0.15, -0.1) is 0 Å². The van der Waals surface area contributed by atoms with Crippen LogP contribution in [0.3, 0.4) is 0 Å². The maximum Gasteiger partial charge on any atom is 0.257 e. The molecule has 1 aromatic carbocycles. The number of benzene rings is 1. The number of aryl methyl sites for hydroxylation is 1. The van der Waals surface area contributed by atoms with Gasteiger partial charge in [-0.2, -0.15) is 5.10 Å². The summed E-state index contributed by atoms with van der Waals surface area (Å²) in [5, 5.41) is 8.23. The molecule has 2 fully saturated rings. The van der Waals surface area contributed by atoms with Crippen molar-refractivity contribution < 1.29 is 9.18 Å². The number of rotatable bonds is 5. The van der Waals surface area contributed by atoms with Crippen molar-refractivity contribution in [3.8, 4) is 11.1 Å². The van der Waals surface area contributed by atoms with Crippen molar-refractivity contribution >= 4 is 33.7 Å². The molecule has 2 aliphatic rings. The Morgan fingerprint density at radius 1 is 1.00 bits per heavy atom. The first-order valence-electron chi connectivity index (χ1n) is 14.7. The zero-order valence-electron chi connectivity index (χ0n) is 24.3. The summed E-state index contributed by atoms with van der Waals surface area (Å²) in [6.45, 7) is 6.03. The van der Waals surface area contributed by atoms with Crippen molar-refractivity contribution in [3.05, 3.63) is 60.2 Å². The first kappa shape index (κ1) is 26.8. The van der Waals surface area contributed by atoms with E-state index in [0.29, 0.717) is 28.5 Å². The normalized spacial score (nSPS) is 17.9. The topological polar surface area (TPSA) is 99.9 Å². The van der Waals surface area contributed by atoms with Crippen LogP contribution in [0.5, 0.6) is 0 Å². The molecule has 5 aromatic rings. The Balaban J connectivity index is 1.18. The minimum atomic E-state index is -0.352. The number of H-pyrrole nitrogens is 1. The number of carbonyl (C=O) groups is 1. The van der Waals surface area contributed by atoms with Gasteiger partial charge >= 0.3 is 0 Å². The average molecular weight is 570 g/mol. The van der Waals surface area contributed by atoms with Crippen LogP contribution < -0.4 is 5.32 Å². The predicted molar refractivity (Wildman–Crippen MR) is 161 cm³/mol. The number of hydrogen-bond acceptors (Lipinski definition) is 6. The maximum atomic E-state index is 15.5. The standard InChI is InChI=1S/C31H36FN9O/c1-19-36-29-27(32)13-20(14-28(29)41(19)24-6-10-39(3)11-7-24)26-17-34-30-25(26)12-21(15-33-30)31(42)37-22-16-35-40(18-22)23-4-8-38(2)9-5-23/h12-18,23-24H,4-11H2,1-3H3,(H,33,34)(H,37,42). The van der Waals surface area contributed by atoms with Gasteiger partial charge in [-0.05, 0) is 96.6 Å². The number of aromatic amines is 1. The highest BCUT2D eigenvalue weighted by molar-refractivity contribution is 6.07. The minimum absolute atomic E-state index is 0.267. The number of anilines is 1. The molecule has 11 heteroatoms. The second kappa shape index (κ2) is 10.6. The summed E-state index contributed by atoms with van der Waals surface area (Å²) < 4.78 is 19.6. The monoisotopic (exact) mass is 569 g/mol. The molecule has 218 valence electrons. The highest BCUT2D eigenvalue weighted by Crippen LogP contribution is 2.35. The fraction of sp³-hybridized carbons (Fsp3) is 0.419. The number of piperidine rings is 2. The van der Waals surface area contributed by atoms with Gasteiger partial charge in [0.1, 0.15) is 17.0 Å². The summed E-state index contributed by atoms with van der Waals surface area (Å²) in [5.41, 5.74) is 4.42. The Kier molecular flexibility index (Phi) is 6.78. The molecule has 0 saturated carbocycles. The van der Waals surface area contributed by atoms with Crippen LogP contribution in [0, 0.1) is 12.7 Å². The molecule has 0 atom stereocenters. The quantitative estimate of drug-likeness (QED) is 0.309. The van der Waals surface area contributed by atoms with Crippen molar-refractivity contribution in [2.45, 2.75) is 44.7 Å². The zero-order chi connectivity index (χ0) is 29.0. The van der Waals surface area contributed by atoms with E-state index in [-0.39, 0.29) is 17.8 Å². The molecule has 0 spiro atoms. The highest BCUT2D eigenvalue weighted by atomic mass is 19.1. The van der Waals surface area contributed by atoms with Gasteiger partial charge in [0.05, 0.1) is 29.0 Å². The number of likely N-dealkylation sites (tertiary alicyclic amines) is 2. The summed E-state index contributed by atoms with van der Waals surface area (Å²) in [7, 11) is 4.27. The van der Waals surface area contributed by atoms with Crippen molar-refractivity contribution in [1.29, 1.82) is 0 Å². The van der Waals surface area contributed by atoms with Crippen molar-refractivity contribution in [2.75, 3.05) is 45.6 Å². The Morgan fingerprint density at radius 3 is 2.45 bits per heavy atom. The molecule has 2 aliphatic heterocycles. The van der Waals surface area contributed by atoms with E-state index < -0.39 is 0 Å². The fourth-order valence-electron chi connectivity index (χ4n) is 6.57. The van der Waals surface area contributed by atoms with E-state index in [1.807, 2.05) is 36.1 Å². The van der Waals surface area contributed by atoms with Crippen molar-refractivity contribution in [1.82, 2.24) is 39.1 Å². The number of pyridine rings is 1. The van der Waals surface area contributed by atoms with Gasteiger partial charge in [0.15, 0.2) is 5.82 Å². The van der Waals surface area contributed by atoms with Gasteiger partial charge in [0.2, 0.25) is 0 Å². The molecule has 0 bridgehead atoms. The molecule has 6 heterocycles. The van der Waals surface area contributed by atoms with Crippen LogP contribution in [0.1, 0.15) is 53.9 Å². The molecule has 0 unspecified atom stereocenters. The van der Waals surface area contributed by atoms with Crippen LogP contribution in [0.4, 0.5) is 10.1 Å². The SMILES string of the molecule is Cc1nc2c(F)cc(-c3c[nH]c4ncc(C(=O)Nc5cnn(C6CCN(C)CC6)c5)cc34)cc2n1C1CCN(C)CC1. The van der Waals surface area contributed by atoms with Gasteiger partial charge in [0, 0.05) is 35.6 Å². The minimum Gasteiger partial charge on any atom is -0.346 e. The Morgan fingerprint density at radius 2 is 1.71 bits per heavy atom. The van der Waals surface area contributed by atoms with Crippen LogP contribution in [-0.2, 0) is 0 Å². The van der Waals surface area contributed by atoms with Crippen LogP contribution in [0.25, 0.3) is 33.2 Å². The number of imidazole rings is 1. The van der Waals surface area contributed by atoms with Gasteiger partial charge < -0.3 is 24.7 Å². The lowest BCUT2D eigenvalue weighted by Gasteiger charge is -2.30. The lowest BCUT2D eigenvalue weighted by atomic mass is 10.0. The van der Waals surface area contributed by atoms with E-state index in [1.54, 1.807) is 12.4 Å². The molecule has 10 nitrogen and oxygen atoms in total. The number of hydrogen-bond donors (Lipinski definition) is 2. The van der Waals surface area contributed by atoms with Crippen molar-refractivity contribution in [2.24, 2.45) is 0 Å². The van der Waals surface area contributed by atoms with Crippen LogP contribution in [-0.4, -0.2) is 85.3 Å². The largest absolute Gasteiger partial charge is 0.346 e. The predicted octanol–water partition coefficient (Wildman–Crippen LogP) is 5.01. The summed E-state index contributed by atoms with van der Waals surface area (Å²) in [4.78, 5) is 30.2. The third kappa shape index (κ3) is 4.86. The number of amides is 1. The van der Waals surface area contributed by atoms with E-state index in [1.165, 1.54) is 6.07 Å². The van der Waals surface area contributed by atoms with E-state index in [4.69, 9.17) is 0 Å². The molecular weight excluding hydrogens is 533 g/mol. The molecular formula is C31H36FN9O. The molecule has 4 aromatic heterocycles. The number of halogens is 1. The van der Waals surface area contributed by atoms with Crippen molar-refractivity contribution in [3.63, 3.8) is 0 Å². The van der Waals surface area contributed by atoms with Crippen LogP contribution in [0.15, 0.2) is 43.0 Å². The maximum absolute atomic E-state index is 15.5.